The van der Waals surface area contributed by atoms with Crippen molar-refractivity contribution in [3.8, 4) is 11.5 Å². The second kappa shape index (κ2) is 18.4. The molecule has 2 aliphatic rings. The predicted octanol–water partition coefficient (Wildman–Crippen LogP) is 14.6. The van der Waals surface area contributed by atoms with Gasteiger partial charge in [0.15, 0.2) is 0 Å². The number of hydrogen-bond acceptors (Lipinski definition) is 6. The maximum absolute atomic E-state index is 6.66. The molecule has 62 heavy (non-hydrogen) atoms. The van der Waals surface area contributed by atoms with E-state index in [-0.39, 0.29) is 29.1 Å². The van der Waals surface area contributed by atoms with Crippen LogP contribution in [0, 0.1) is 5.41 Å². The fraction of sp³-hybridized carbons (Fsp3) is 0.333. The molecule has 0 unspecified atom stereocenters. The lowest BCUT2D eigenvalue weighted by Crippen LogP contribution is -2.45. The summed E-state index contributed by atoms with van der Waals surface area (Å²) in [4.78, 5) is 0. The fourth-order valence-corrected chi connectivity index (χ4v) is 10.9. The van der Waals surface area contributed by atoms with Crippen molar-refractivity contribution in [2.75, 3.05) is 26.4 Å². The van der Waals surface area contributed by atoms with Crippen LogP contribution in [0.1, 0.15) is 107 Å². The van der Waals surface area contributed by atoms with Gasteiger partial charge in [0.05, 0.1) is 31.8 Å². The van der Waals surface area contributed by atoms with Crippen molar-refractivity contribution in [2.24, 2.45) is 5.41 Å². The Balaban J connectivity index is 0.00000578. The molecule has 0 aliphatic carbocycles. The van der Waals surface area contributed by atoms with E-state index in [9.17, 15) is 0 Å². The molecule has 0 radical (unpaired) electrons. The summed E-state index contributed by atoms with van der Waals surface area (Å²) in [6.45, 7) is 19.6. The summed E-state index contributed by atoms with van der Waals surface area (Å²) in [6, 6.07) is 55.6. The Morgan fingerprint density at radius 1 is 0.371 bits per heavy atom. The summed E-state index contributed by atoms with van der Waals surface area (Å²) in [5, 5.41) is 0. The van der Waals surface area contributed by atoms with Gasteiger partial charge in [-0.2, -0.15) is 0 Å². The van der Waals surface area contributed by atoms with Crippen LogP contribution in [-0.4, -0.2) is 26.4 Å². The van der Waals surface area contributed by atoms with E-state index in [4.69, 9.17) is 27.1 Å². The molecule has 6 aromatic carbocycles. The summed E-state index contributed by atoms with van der Waals surface area (Å²) in [6.07, 6.45) is 0. The molecule has 0 N–H and O–H groups in total. The van der Waals surface area contributed by atoms with Crippen molar-refractivity contribution in [2.45, 2.75) is 84.5 Å². The zero-order valence-corrected chi connectivity index (χ0v) is 38.5. The molecule has 324 valence electrons. The standard InChI is InChI=1S/C53H58O6P2.CH4/c1-49(2,39-21-13-9-14-22-39)43-29-31-47(45(33-43)51(5,6)41-25-17-11-18-26-41)58-60-54-35-53(36-55-60)37-56-61(57-38-53)59-48-32-30-44(50(3,4)40-23-15-10-16-24-40)34-46(48)52(7,8)42-27-19-12-20-28-42;/h9-34H,35-38H2,1-8H3;1H4. The minimum atomic E-state index is -1.67. The highest BCUT2D eigenvalue weighted by molar-refractivity contribution is 7.42. The molecular weight excluding hydrogens is 807 g/mol. The van der Waals surface area contributed by atoms with E-state index in [1.807, 2.05) is 0 Å². The lowest BCUT2D eigenvalue weighted by molar-refractivity contribution is -0.0673. The highest BCUT2D eigenvalue weighted by Crippen LogP contribution is 2.55. The van der Waals surface area contributed by atoms with Crippen molar-refractivity contribution in [3.63, 3.8) is 0 Å². The SMILES string of the molecule is C.CC(C)(c1ccccc1)c1ccc(OP2OCC3(CO2)COP(Oc2ccc(C(C)(C)c4ccccc4)cc2C(C)(C)c2ccccc2)OC3)c(C(C)(C)c2ccccc2)c1. The zero-order chi connectivity index (χ0) is 42.9. The van der Waals surface area contributed by atoms with Crippen LogP contribution in [-0.2, 0) is 39.8 Å². The van der Waals surface area contributed by atoms with Gasteiger partial charge >= 0.3 is 17.2 Å². The highest BCUT2D eigenvalue weighted by atomic mass is 31.2. The smallest absolute Gasteiger partial charge is 0.397 e. The summed E-state index contributed by atoms with van der Waals surface area (Å²) in [5.41, 5.74) is 7.85. The van der Waals surface area contributed by atoms with Crippen molar-refractivity contribution >= 4 is 17.2 Å². The Bertz CT molecular complexity index is 2210. The van der Waals surface area contributed by atoms with Crippen LogP contribution in [0.4, 0.5) is 0 Å². The Hall–Kier alpha value is -4.38. The van der Waals surface area contributed by atoms with E-state index >= 15 is 0 Å². The Morgan fingerprint density at radius 2 is 0.645 bits per heavy atom. The lowest BCUT2D eigenvalue weighted by atomic mass is 9.73. The second-order valence-corrected chi connectivity index (χ2v) is 20.9. The van der Waals surface area contributed by atoms with Gasteiger partial charge < -0.3 is 27.1 Å². The van der Waals surface area contributed by atoms with Crippen molar-refractivity contribution in [1.29, 1.82) is 0 Å². The molecule has 2 aliphatic heterocycles. The summed E-state index contributed by atoms with van der Waals surface area (Å²) >= 11 is 0. The average Bonchev–Trinajstić information content (AvgIpc) is 3.29. The molecule has 0 bridgehead atoms. The van der Waals surface area contributed by atoms with Gasteiger partial charge in [-0.25, -0.2) is 0 Å². The van der Waals surface area contributed by atoms with Crippen LogP contribution in [0.25, 0.3) is 0 Å². The van der Waals surface area contributed by atoms with Gasteiger partial charge in [0, 0.05) is 32.8 Å². The van der Waals surface area contributed by atoms with Gasteiger partial charge in [-0.1, -0.05) is 208 Å². The van der Waals surface area contributed by atoms with E-state index in [1.165, 1.54) is 33.4 Å². The first-order chi connectivity index (χ1) is 29.2. The third-order valence-electron chi connectivity index (χ3n) is 13.0. The Labute approximate surface area is 372 Å². The van der Waals surface area contributed by atoms with Crippen LogP contribution < -0.4 is 9.05 Å². The number of benzene rings is 6. The van der Waals surface area contributed by atoms with E-state index < -0.39 is 22.6 Å². The highest BCUT2D eigenvalue weighted by Gasteiger charge is 2.46. The van der Waals surface area contributed by atoms with Gasteiger partial charge in [-0.05, 0) is 45.5 Å². The molecular formula is C54H62O6P2. The van der Waals surface area contributed by atoms with Crippen LogP contribution in [0.2, 0.25) is 0 Å². The van der Waals surface area contributed by atoms with E-state index in [0.717, 1.165) is 22.6 Å². The van der Waals surface area contributed by atoms with Gasteiger partial charge in [0.1, 0.15) is 11.5 Å². The molecule has 8 rings (SSSR count). The molecule has 2 fully saturated rings. The minimum Gasteiger partial charge on any atom is -0.426 e. The lowest BCUT2D eigenvalue weighted by Gasteiger charge is -2.41. The molecule has 0 saturated carbocycles. The molecule has 2 heterocycles. The normalized spacial score (nSPS) is 19.7. The van der Waals surface area contributed by atoms with Gasteiger partial charge in [0.2, 0.25) is 0 Å². The van der Waals surface area contributed by atoms with Crippen molar-refractivity contribution in [3.05, 3.63) is 202 Å². The monoisotopic (exact) mass is 868 g/mol. The quantitative estimate of drug-likeness (QED) is 0.114. The first-order valence-corrected chi connectivity index (χ1v) is 23.4. The van der Waals surface area contributed by atoms with Crippen LogP contribution >= 0.6 is 17.2 Å². The molecule has 0 amide bonds. The average molecular weight is 869 g/mol. The fourth-order valence-electron chi connectivity index (χ4n) is 8.39. The molecule has 1 spiro atoms. The minimum absolute atomic E-state index is 0. The largest absolute Gasteiger partial charge is 0.426 e. The van der Waals surface area contributed by atoms with E-state index in [0.29, 0.717) is 26.4 Å². The molecule has 6 aromatic rings. The third-order valence-corrected chi connectivity index (χ3v) is 15.0. The molecule has 0 atom stereocenters. The van der Waals surface area contributed by atoms with Crippen LogP contribution in [0.15, 0.2) is 158 Å². The number of hydrogen-bond donors (Lipinski definition) is 0. The van der Waals surface area contributed by atoms with Gasteiger partial charge in [-0.3, -0.25) is 0 Å². The van der Waals surface area contributed by atoms with E-state index in [2.05, 4.69) is 213 Å². The van der Waals surface area contributed by atoms with Crippen molar-refractivity contribution < 1.29 is 27.1 Å². The van der Waals surface area contributed by atoms with Gasteiger partial charge in [-0.15, -0.1) is 0 Å². The zero-order valence-electron chi connectivity index (χ0n) is 36.7. The van der Waals surface area contributed by atoms with Crippen LogP contribution in [0.3, 0.4) is 0 Å². The first-order valence-electron chi connectivity index (χ1n) is 21.2. The molecule has 8 heteroatoms. The molecule has 2 saturated heterocycles. The molecule has 0 aromatic heterocycles. The Morgan fingerprint density at radius 3 is 0.935 bits per heavy atom. The Kier molecular flexibility index (Phi) is 13.5. The predicted molar refractivity (Wildman–Crippen MR) is 255 cm³/mol. The van der Waals surface area contributed by atoms with E-state index in [1.54, 1.807) is 0 Å². The first kappa shape index (κ1) is 45.6. The van der Waals surface area contributed by atoms with Crippen LogP contribution in [0.5, 0.6) is 11.5 Å². The maximum Gasteiger partial charge on any atom is 0.397 e. The topological polar surface area (TPSA) is 55.4 Å². The van der Waals surface area contributed by atoms with Crippen molar-refractivity contribution in [1.82, 2.24) is 0 Å². The summed E-state index contributed by atoms with van der Waals surface area (Å²) in [5.74, 6) is 1.51. The maximum atomic E-state index is 6.66. The molecule has 6 nitrogen and oxygen atoms in total. The van der Waals surface area contributed by atoms with Gasteiger partial charge in [0.25, 0.3) is 0 Å². The second-order valence-electron chi connectivity index (χ2n) is 18.6. The summed E-state index contributed by atoms with van der Waals surface area (Å²) < 4.78 is 38.9. The summed E-state index contributed by atoms with van der Waals surface area (Å²) in [7, 11) is -3.34. The number of rotatable bonds is 12. The third kappa shape index (κ3) is 9.29.